The standard InChI is InChI=1S/C9H8NO/c1-2-5-9(6-3-1)10-7-4-8-11-10/h1-8H. The molecule has 11 heavy (non-hydrogen) atoms. The first-order valence-electron chi connectivity index (χ1n) is 3.48. The van der Waals surface area contributed by atoms with E-state index in [1.165, 1.54) is 0 Å². The third-order valence-corrected chi connectivity index (χ3v) is 1.49. The smallest absolute Gasteiger partial charge is 0.117 e. The molecule has 2 rings (SSSR count). The predicted octanol–water partition coefficient (Wildman–Crippen LogP) is 2.11. The summed E-state index contributed by atoms with van der Waals surface area (Å²) >= 11 is 0. The average molecular weight is 146 g/mol. The van der Waals surface area contributed by atoms with E-state index in [9.17, 15) is 0 Å². The summed E-state index contributed by atoms with van der Waals surface area (Å²) in [4.78, 5) is 5.14. The zero-order valence-electron chi connectivity index (χ0n) is 5.97. The van der Waals surface area contributed by atoms with Crippen molar-refractivity contribution in [2.24, 2.45) is 0 Å². The van der Waals surface area contributed by atoms with Crippen molar-refractivity contribution in [2.45, 2.75) is 0 Å². The second-order valence-electron chi connectivity index (χ2n) is 2.24. The van der Waals surface area contributed by atoms with Gasteiger partial charge in [-0.3, -0.25) is 0 Å². The summed E-state index contributed by atoms with van der Waals surface area (Å²) in [6.45, 7) is 1.87. The van der Waals surface area contributed by atoms with Crippen LogP contribution in [-0.4, -0.2) is 0 Å². The molecule has 1 radical (unpaired) electrons. The lowest BCUT2D eigenvalue weighted by Gasteiger charge is -2.14. The largest absolute Gasteiger partial charge is 0.387 e. The van der Waals surface area contributed by atoms with Crippen LogP contribution >= 0.6 is 0 Å². The molecule has 0 spiro atoms. The van der Waals surface area contributed by atoms with Gasteiger partial charge in [0.25, 0.3) is 0 Å². The van der Waals surface area contributed by atoms with Gasteiger partial charge in [0.2, 0.25) is 0 Å². The lowest BCUT2D eigenvalue weighted by Crippen LogP contribution is -2.11. The van der Waals surface area contributed by atoms with Gasteiger partial charge in [-0.05, 0) is 18.2 Å². The number of anilines is 1. The van der Waals surface area contributed by atoms with Crippen LogP contribution in [0.5, 0.6) is 0 Å². The summed E-state index contributed by atoms with van der Waals surface area (Å²) in [5, 5.41) is 1.71. The van der Waals surface area contributed by atoms with Gasteiger partial charge in [0.05, 0.1) is 5.69 Å². The molecule has 0 saturated heterocycles. The van der Waals surface area contributed by atoms with Crippen LogP contribution in [0.15, 0.2) is 42.7 Å². The Morgan fingerprint density at radius 3 is 2.55 bits per heavy atom. The fourth-order valence-electron chi connectivity index (χ4n) is 0.971. The first kappa shape index (κ1) is 6.28. The van der Waals surface area contributed by atoms with E-state index in [-0.39, 0.29) is 0 Å². The highest BCUT2D eigenvalue weighted by atomic mass is 16.7. The molecule has 2 heteroatoms. The second kappa shape index (κ2) is 2.66. The number of nitrogens with zero attached hydrogens (tertiary/aromatic N) is 1. The zero-order chi connectivity index (χ0) is 7.52. The average Bonchev–Trinajstić information content (AvgIpc) is 2.58. The molecule has 0 bridgehead atoms. The maximum atomic E-state index is 5.14. The van der Waals surface area contributed by atoms with Gasteiger partial charge >= 0.3 is 0 Å². The van der Waals surface area contributed by atoms with Crippen LogP contribution in [0.25, 0.3) is 0 Å². The minimum atomic E-state index is 1.04. The van der Waals surface area contributed by atoms with Crippen LogP contribution < -0.4 is 5.06 Å². The number of hydroxylamine groups is 1. The first-order chi connectivity index (χ1) is 5.47. The van der Waals surface area contributed by atoms with Gasteiger partial charge in [0.1, 0.15) is 12.8 Å². The van der Waals surface area contributed by atoms with Crippen LogP contribution in [0.3, 0.4) is 0 Å². The Morgan fingerprint density at radius 1 is 1.09 bits per heavy atom. The third kappa shape index (κ3) is 1.19. The summed E-state index contributed by atoms with van der Waals surface area (Å²) in [5.74, 6) is 0. The van der Waals surface area contributed by atoms with E-state index < -0.39 is 0 Å². The minimum absolute atomic E-state index is 1.04. The van der Waals surface area contributed by atoms with Crippen molar-refractivity contribution in [1.29, 1.82) is 0 Å². The van der Waals surface area contributed by atoms with Crippen molar-refractivity contribution in [2.75, 3.05) is 5.06 Å². The van der Waals surface area contributed by atoms with Gasteiger partial charge in [0, 0.05) is 0 Å². The van der Waals surface area contributed by atoms with Crippen LogP contribution in [0.4, 0.5) is 5.69 Å². The molecule has 0 N–H and O–H groups in total. The topological polar surface area (TPSA) is 12.5 Å². The number of hydrogen-bond donors (Lipinski definition) is 0. The summed E-state index contributed by atoms with van der Waals surface area (Å²) in [5.41, 5.74) is 1.04. The fourth-order valence-corrected chi connectivity index (χ4v) is 0.971. The SMILES string of the molecule is [CH]1C=CON1c1ccccc1. The Bertz CT molecular complexity index is 248. The summed E-state index contributed by atoms with van der Waals surface area (Å²) < 4.78 is 0. The number of hydrogen-bond acceptors (Lipinski definition) is 2. The summed E-state index contributed by atoms with van der Waals surface area (Å²) in [6.07, 6.45) is 3.50. The Labute approximate surface area is 65.7 Å². The molecule has 55 valence electrons. The predicted molar refractivity (Wildman–Crippen MR) is 43.4 cm³/mol. The highest BCUT2D eigenvalue weighted by molar-refractivity contribution is 5.47. The van der Waals surface area contributed by atoms with Crippen molar-refractivity contribution in [3.8, 4) is 0 Å². The van der Waals surface area contributed by atoms with Crippen molar-refractivity contribution in [3.63, 3.8) is 0 Å². The monoisotopic (exact) mass is 146 g/mol. The molecule has 0 aliphatic carbocycles. The van der Waals surface area contributed by atoms with Gasteiger partial charge in [-0.15, -0.1) is 0 Å². The number of rotatable bonds is 1. The lowest BCUT2D eigenvalue weighted by molar-refractivity contribution is 0.259. The summed E-state index contributed by atoms with van der Waals surface area (Å²) in [6, 6.07) is 9.91. The van der Waals surface area contributed by atoms with Gasteiger partial charge in [-0.1, -0.05) is 18.2 Å². The van der Waals surface area contributed by atoms with E-state index >= 15 is 0 Å². The van der Waals surface area contributed by atoms with E-state index in [2.05, 4.69) is 0 Å². The molecule has 0 fully saturated rings. The second-order valence-corrected chi connectivity index (χ2v) is 2.24. The molecule has 1 aliphatic rings. The van der Waals surface area contributed by atoms with E-state index in [4.69, 9.17) is 4.84 Å². The van der Waals surface area contributed by atoms with Crippen LogP contribution in [0, 0.1) is 6.54 Å². The van der Waals surface area contributed by atoms with Crippen LogP contribution in [0.2, 0.25) is 0 Å². The van der Waals surface area contributed by atoms with Crippen molar-refractivity contribution >= 4 is 5.69 Å². The van der Waals surface area contributed by atoms with Crippen molar-refractivity contribution in [1.82, 2.24) is 0 Å². The minimum Gasteiger partial charge on any atom is -0.387 e. The quantitative estimate of drug-likeness (QED) is 0.601. The molecule has 0 saturated carbocycles. The summed E-state index contributed by atoms with van der Waals surface area (Å²) in [7, 11) is 0. The molecule has 2 nitrogen and oxygen atoms in total. The Morgan fingerprint density at radius 2 is 1.91 bits per heavy atom. The van der Waals surface area contributed by atoms with Gasteiger partial charge in [-0.2, -0.15) is 0 Å². The van der Waals surface area contributed by atoms with Crippen molar-refractivity contribution < 1.29 is 4.84 Å². The van der Waals surface area contributed by atoms with E-state index in [1.54, 1.807) is 11.3 Å². The molecule has 1 aromatic rings. The Hall–Kier alpha value is -1.44. The molecule has 1 aromatic carbocycles. The fraction of sp³-hybridized carbons (Fsp3) is 0. The molecule has 1 heterocycles. The molecule has 1 aliphatic heterocycles. The maximum Gasteiger partial charge on any atom is 0.117 e. The van der Waals surface area contributed by atoms with E-state index in [0.717, 1.165) is 5.69 Å². The van der Waals surface area contributed by atoms with Gasteiger partial charge < -0.3 is 4.84 Å². The highest BCUT2D eigenvalue weighted by Crippen LogP contribution is 2.18. The zero-order valence-corrected chi connectivity index (χ0v) is 5.97. The van der Waals surface area contributed by atoms with Crippen molar-refractivity contribution in [3.05, 3.63) is 49.2 Å². The third-order valence-electron chi connectivity index (χ3n) is 1.49. The van der Waals surface area contributed by atoms with E-state index in [0.29, 0.717) is 0 Å². The Kier molecular flexibility index (Phi) is 1.52. The highest BCUT2D eigenvalue weighted by Gasteiger charge is 2.07. The van der Waals surface area contributed by atoms with Gasteiger partial charge in [0.15, 0.2) is 0 Å². The maximum absolute atomic E-state index is 5.14. The molecular formula is C9H8NO. The van der Waals surface area contributed by atoms with Gasteiger partial charge in [-0.25, -0.2) is 5.06 Å². The Balaban J connectivity index is 2.17. The van der Waals surface area contributed by atoms with Crippen LogP contribution in [-0.2, 0) is 4.84 Å². The first-order valence-corrected chi connectivity index (χ1v) is 3.48. The van der Waals surface area contributed by atoms with E-state index in [1.807, 2.05) is 43.0 Å². The number of benzene rings is 1. The molecule has 0 aromatic heterocycles. The molecular weight excluding hydrogens is 138 g/mol. The number of para-hydroxylation sites is 1. The normalized spacial score (nSPS) is 15.1. The molecule has 0 amide bonds. The molecule has 0 atom stereocenters. The van der Waals surface area contributed by atoms with Crippen LogP contribution in [0.1, 0.15) is 0 Å². The molecule has 0 unspecified atom stereocenters. The lowest BCUT2D eigenvalue weighted by atomic mass is 10.3.